The monoisotopic (exact) mass is 510 g/mol. The minimum absolute atomic E-state index is 0.299. The Kier molecular flexibility index (Phi) is 9.89. The second-order valence-corrected chi connectivity index (χ2v) is 13.5. The first-order valence-corrected chi connectivity index (χ1v) is 15.6. The van der Waals surface area contributed by atoms with Crippen LogP contribution in [0.3, 0.4) is 0 Å². The highest BCUT2D eigenvalue weighted by Gasteiger charge is 2.36. The zero-order chi connectivity index (χ0) is 26.5. The van der Waals surface area contributed by atoms with Crippen LogP contribution in [0.1, 0.15) is 6.42 Å². The topological polar surface area (TPSA) is 17.8 Å². The first-order valence-electron chi connectivity index (χ1n) is 13.2. The molecule has 1 heterocycles. The van der Waals surface area contributed by atoms with E-state index in [-0.39, 0.29) is 0 Å². The van der Waals surface area contributed by atoms with Gasteiger partial charge in [-0.05, 0) is 12.5 Å². The van der Waals surface area contributed by atoms with Crippen LogP contribution in [0.15, 0.2) is 165 Å². The molecule has 38 heavy (non-hydrogen) atoms. The average Bonchev–Trinajstić information content (AvgIpc) is 3.51. The molecule has 0 aliphatic rings. The lowest BCUT2D eigenvalue weighted by Crippen LogP contribution is -2.61. The minimum Gasteiger partial charge on any atom is -0.340 e. The predicted octanol–water partition coefficient (Wildman–Crippen LogP) is 5.28. The zero-order valence-corrected chi connectivity index (χ0v) is 22.9. The Morgan fingerprint density at radius 2 is 1.16 bits per heavy atom. The van der Waals surface area contributed by atoms with Gasteiger partial charge in [0.05, 0.1) is 6.33 Å². The van der Waals surface area contributed by atoms with Crippen molar-refractivity contribution >= 4 is 36.1 Å². The van der Waals surface area contributed by atoms with Crippen molar-refractivity contribution in [1.82, 2.24) is 9.55 Å². The first-order chi connectivity index (χ1) is 18.8. The summed E-state index contributed by atoms with van der Waals surface area (Å²) < 4.78 is 2.23. The Morgan fingerprint density at radius 1 is 0.684 bits per heavy atom. The SMILES string of the molecule is C=CB(c1ccccc1)c1ccccc1.C=CCC[Si](Cn1ccnc1)(c1ccccc1)c1ccccc1. The Morgan fingerprint density at radius 3 is 1.55 bits per heavy atom. The molecule has 0 bridgehead atoms. The predicted molar refractivity (Wildman–Crippen MR) is 168 cm³/mol. The van der Waals surface area contributed by atoms with E-state index >= 15 is 0 Å². The van der Waals surface area contributed by atoms with Gasteiger partial charge in [-0.2, -0.15) is 0 Å². The van der Waals surface area contributed by atoms with Crippen molar-refractivity contribution in [3.63, 3.8) is 0 Å². The molecular formula is C34H35BN2Si. The molecule has 0 unspecified atom stereocenters. The molecule has 5 aromatic rings. The third kappa shape index (κ3) is 6.78. The minimum atomic E-state index is -1.92. The number of allylic oxidation sites excluding steroid dienone is 1. The molecule has 4 heteroatoms. The van der Waals surface area contributed by atoms with Gasteiger partial charge in [-0.1, -0.05) is 149 Å². The van der Waals surface area contributed by atoms with Crippen molar-refractivity contribution in [3.05, 3.63) is 165 Å². The van der Waals surface area contributed by atoms with Crippen molar-refractivity contribution < 1.29 is 0 Å². The Balaban J connectivity index is 0.000000194. The lowest BCUT2D eigenvalue weighted by molar-refractivity contribution is 0.848. The van der Waals surface area contributed by atoms with Gasteiger partial charge >= 0.3 is 0 Å². The van der Waals surface area contributed by atoms with E-state index in [1.807, 2.05) is 36.7 Å². The molecule has 4 aromatic carbocycles. The van der Waals surface area contributed by atoms with E-state index in [9.17, 15) is 0 Å². The fourth-order valence-electron chi connectivity index (χ4n) is 5.06. The highest BCUT2D eigenvalue weighted by Crippen LogP contribution is 2.17. The van der Waals surface area contributed by atoms with Crippen LogP contribution in [0.5, 0.6) is 0 Å². The van der Waals surface area contributed by atoms with Crippen LogP contribution in [-0.4, -0.2) is 24.3 Å². The standard InChI is InChI=1S/C20H22N2Si.C14H13B/c1-2-3-16-23(18-22-15-14-21-17-22,19-10-6-4-7-11-19)20-12-8-5-9-13-20;1-2-15(13-9-5-3-6-10-13)14-11-7-4-8-12-14/h2,4-15,17H,1,3,16,18H2;2-12H,1H2. The quantitative estimate of drug-likeness (QED) is 0.185. The molecule has 0 fully saturated rings. The molecule has 188 valence electrons. The van der Waals surface area contributed by atoms with Gasteiger partial charge < -0.3 is 4.57 Å². The number of aromatic nitrogens is 2. The fraction of sp³-hybridized carbons (Fsp3) is 0.0882. The third-order valence-corrected chi connectivity index (χ3v) is 11.9. The highest BCUT2D eigenvalue weighted by molar-refractivity contribution is 7.01. The summed E-state index contributed by atoms with van der Waals surface area (Å²) in [6.45, 7) is 8.16. The van der Waals surface area contributed by atoms with Gasteiger partial charge in [-0.3, -0.25) is 0 Å². The van der Waals surface area contributed by atoms with E-state index in [4.69, 9.17) is 0 Å². The lowest BCUT2D eigenvalue weighted by atomic mass is 9.41. The zero-order valence-electron chi connectivity index (χ0n) is 21.9. The summed E-state index contributed by atoms with van der Waals surface area (Å²) in [5.41, 5.74) is 2.58. The molecule has 1 aromatic heterocycles. The smallest absolute Gasteiger partial charge is 0.233 e. The van der Waals surface area contributed by atoms with Crippen molar-refractivity contribution in [2.75, 3.05) is 0 Å². The summed E-state index contributed by atoms with van der Waals surface area (Å²) >= 11 is 0. The molecule has 0 atom stereocenters. The van der Waals surface area contributed by atoms with E-state index in [1.54, 1.807) is 0 Å². The number of imidazole rings is 1. The van der Waals surface area contributed by atoms with Crippen LogP contribution in [0, 0.1) is 0 Å². The number of nitrogens with zero attached hydrogens (tertiary/aromatic N) is 2. The van der Waals surface area contributed by atoms with E-state index < -0.39 is 8.07 Å². The van der Waals surface area contributed by atoms with Crippen LogP contribution in [0.25, 0.3) is 0 Å². The van der Waals surface area contributed by atoms with Crippen molar-refractivity contribution in [1.29, 1.82) is 0 Å². The summed E-state index contributed by atoms with van der Waals surface area (Å²) in [6, 6.07) is 44.0. The summed E-state index contributed by atoms with van der Waals surface area (Å²) in [5.74, 6) is 1.99. The molecule has 0 N–H and O–H groups in total. The van der Waals surface area contributed by atoms with Crippen molar-refractivity contribution in [2.24, 2.45) is 0 Å². The second kappa shape index (κ2) is 14.0. The van der Waals surface area contributed by atoms with E-state index in [1.165, 1.54) is 21.3 Å². The lowest BCUT2D eigenvalue weighted by Gasteiger charge is -2.33. The maximum atomic E-state index is 4.24. The molecule has 2 nitrogen and oxygen atoms in total. The molecule has 0 saturated heterocycles. The van der Waals surface area contributed by atoms with Crippen LogP contribution < -0.4 is 21.3 Å². The molecule has 0 radical (unpaired) electrons. The van der Waals surface area contributed by atoms with E-state index in [2.05, 4.69) is 138 Å². The Bertz CT molecular complexity index is 1280. The van der Waals surface area contributed by atoms with Crippen LogP contribution >= 0.6 is 0 Å². The Labute approximate surface area is 229 Å². The maximum Gasteiger partial charge on any atom is 0.233 e. The number of rotatable bonds is 10. The summed E-state index contributed by atoms with van der Waals surface area (Å²) in [4.78, 5) is 4.24. The van der Waals surface area contributed by atoms with Gasteiger partial charge in [0.1, 0.15) is 8.07 Å². The normalized spacial score (nSPS) is 10.6. The van der Waals surface area contributed by atoms with Gasteiger partial charge in [0, 0.05) is 18.6 Å². The highest BCUT2D eigenvalue weighted by atomic mass is 28.3. The maximum absolute atomic E-state index is 4.24. The van der Waals surface area contributed by atoms with Crippen LogP contribution in [0.2, 0.25) is 6.04 Å². The van der Waals surface area contributed by atoms with Crippen molar-refractivity contribution in [2.45, 2.75) is 18.6 Å². The summed E-state index contributed by atoms with van der Waals surface area (Å²) in [6.07, 6.45) is 9.95. The molecular weight excluding hydrogens is 475 g/mol. The number of benzene rings is 4. The summed E-state index contributed by atoms with van der Waals surface area (Å²) in [7, 11) is -1.92. The van der Waals surface area contributed by atoms with Gasteiger partial charge in [0.25, 0.3) is 0 Å². The van der Waals surface area contributed by atoms with Gasteiger partial charge in [0.15, 0.2) is 0 Å². The Hall–Kier alpha value is -4.15. The molecule has 0 saturated carbocycles. The fourth-order valence-corrected chi connectivity index (χ4v) is 9.66. The van der Waals surface area contributed by atoms with Crippen LogP contribution in [-0.2, 0) is 6.17 Å². The molecule has 0 aliphatic carbocycles. The van der Waals surface area contributed by atoms with Gasteiger partial charge in [-0.25, -0.2) is 4.98 Å². The van der Waals surface area contributed by atoms with E-state index in [0.717, 1.165) is 18.6 Å². The van der Waals surface area contributed by atoms with Crippen LogP contribution in [0.4, 0.5) is 0 Å². The van der Waals surface area contributed by atoms with Gasteiger partial charge in [0.2, 0.25) is 6.71 Å². The molecule has 5 rings (SSSR count). The first kappa shape index (κ1) is 26.9. The summed E-state index contributed by atoms with van der Waals surface area (Å²) in [5, 5.41) is 2.95. The third-order valence-electron chi connectivity index (χ3n) is 6.99. The average molecular weight is 511 g/mol. The molecule has 0 spiro atoms. The number of hydrogen-bond acceptors (Lipinski definition) is 1. The molecule has 0 amide bonds. The van der Waals surface area contributed by atoms with Gasteiger partial charge in [-0.15, -0.1) is 19.1 Å². The second-order valence-electron chi connectivity index (χ2n) is 9.41. The van der Waals surface area contributed by atoms with Crippen molar-refractivity contribution in [3.8, 4) is 0 Å². The number of hydrogen-bond donors (Lipinski definition) is 0. The molecule has 0 aliphatic heterocycles. The largest absolute Gasteiger partial charge is 0.340 e. The van der Waals surface area contributed by atoms with E-state index in [0.29, 0.717) is 6.71 Å².